The zero-order valence-electron chi connectivity index (χ0n) is 10.5. The second-order valence-electron chi connectivity index (χ2n) is 4.24. The normalized spacial score (nSPS) is 13.2. The predicted octanol–water partition coefficient (Wildman–Crippen LogP) is 3.45. The van der Waals surface area contributed by atoms with Crippen LogP contribution in [0.15, 0.2) is 36.5 Å². The average molecular weight is 320 g/mol. The molecule has 3 N–H and O–H groups in total. The van der Waals surface area contributed by atoms with Gasteiger partial charge in [0.25, 0.3) is 0 Å². The van der Waals surface area contributed by atoms with Gasteiger partial charge in [-0.05, 0) is 24.3 Å². The first-order valence-electron chi connectivity index (χ1n) is 5.77. The number of alkyl halides is 3. The van der Waals surface area contributed by atoms with Crippen LogP contribution in [0.5, 0.6) is 0 Å². The van der Waals surface area contributed by atoms with Crippen LogP contribution < -0.4 is 11.3 Å². The molecule has 0 amide bonds. The summed E-state index contributed by atoms with van der Waals surface area (Å²) >= 11 is 5.65. The zero-order chi connectivity index (χ0) is 15.6. The van der Waals surface area contributed by atoms with Gasteiger partial charge in [-0.15, -0.1) is 0 Å². The van der Waals surface area contributed by atoms with Crippen molar-refractivity contribution in [1.82, 2.24) is 10.4 Å². The molecule has 0 aliphatic heterocycles. The summed E-state index contributed by atoms with van der Waals surface area (Å²) in [5, 5.41) is 0.201. The van der Waals surface area contributed by atoms with E-state index < -0.39 is 23.6 Å². The quantitative estimate of drug-likeness (QED) is 0.517. The number of rotatable bonds is 3. The van der Waals surface area contributed by atoms with Crippen molar-refractivity contribution in [3.8, 4) is 0 Å². The monoisotopic (exact) mass is 319 g/mol. The van der Waals surface area contributed by atoms with Crippen LogP contribution in [0, 0.1) is 5.82 Å². The van der Waals surface area contributed by atoms with Crippen molar-refractivity contribution < 1.29 is 17.6 Å². The van der Waals surface area contributed by atoms with Gasteiger partial charge in [0, 0.05) is 16.8 Å². The molecule has 1 atom stereocenters. The van der Waals surface area contributed by atoms with Crippen LogP contribution in [0.2, 0.25) is 5.02 Å². The minimum absolute atomic E-state index is 0.133. The van der Waals surface area contributed by atoms with Gasteiger partial charge in [-0.25, -0.2) is 9.82 Å². The minimum atomic E-state index is -4.48. The lowest BCUT2D eigenvalue weighted by molar-refractivity contribution is -0.137. The first kappa shape index (κ1) is 15.7. The lowest BCUT2D eigenvalue weighted by Crippen LogP contribution is -2.30. The lowest BCUT2D eigenvalue weighted by Gasteiger charge is -2.17. The smallest absolute Gasteiger partial charge is 0.271 e. The van der Waals surface area contributed by atoms with Gasteiger partial charge in [0.1, 0.15) is 5.82 Å². The Morgan fingerprint density at radius 1 is 1.19 bits per heavy atom. The van der Waals surface area contributed by atoms with Crippen molar-refractivity contribution in [3.63, 3.8) is 0 Å². The van der Waals surface area contributed by atoms with E-state index in [0.29, 0.717) is 6.20 Å². The molecular formula is C13H10ClF4N3. The first-order valence-corrected chi connectivity index (χ1v) is 6.15. The van der Waals surface area contributed by atoms with Crippen molar-refractivity contribution >= 4 is 11.6 Å². The fourth-order valence-electron chi connectivity index (χ4n) is 1.81. The molecule has 0 radical (unpaired) electrons. The maximum absolute atomic E-state index is 13.9. The number of nitrogens with two attached hydrogens (primary N) is 1. The van der Waals surface area contributed by atoms with Gasteiger partial charge in [0.2, 0.25) is 0 Å². The Morgan fingerprint density at radius 2 is 1.90 bits per heavy atom. The molecule has 3 nitrogen and oxygen atoms in total. The Labute approximate surface area is 122 Å². The maximum atomic E-state index is 13.9. The van der Waals surface area contributed by atoms with E-state index in [2.05, 4.69) is 10.4 Å². The molecule has 0 bridgehead atoms. The lowest BCUT2D eigenvalue weighted by atomic mass is 10.0. The van der Waals surface area contributed by atoms with Gasteiger partial charge in [-0.1, -0.05) is 17.7 Å². The summed E-state index contributed by atoms with van der Waals surface area (Å²) in [6, 6.07) is 5.05. The highest BCUT2D eigenvalue weighted by Gasteiger charge is 2.31. The van der Waals surface area contributed by atoms with Gasteiger partial charge >= 0.3 is 6.18 Å². The van der Waals surface area contributed by atoms with E-state index >= 15 is 0 Å². The molecule has 0 saturated carbocycles. The van der Waals surface area contributed by atoms with Gasteiger partial charge < -0.3 is 0 Å². The van der Waals surface area contributed by atoms with E-state index in [1.54, 1.807) is 0 Å². The topological polar surface area (TPSA) is 50.9 Å². The fourth-order valence-corrected chi connectivity index (χ4v) is 1.97. The highest BCUT2D eigenvalue weighted by molar-refractivity contribution is 6.30. The van der Waals surface area contributed by atoms with Crippen LogP contribution in [0.1, 0.15) is 22.9 Å². The summed E-state index contributed by atoms with van der Waals surface area (Å²) in [6.07, 6.45) is -3.81. The zero-order valence-corrected chi connectivity index (χ0v) is 11.2. The van der Waals surface area contributed by atoms with Gasteiger partial charge in [0.15, 0.2) is 0 Å². The van der Waals surface area contributed by atoms with Crippen molar-refractivity contribution in [2.75, 3.05) is 0 Å². The van der Waals surface area contributed by atoms with Crippen LogP contribution in [-0.4, -0.2) is 4.98 Å². The van der Waals surface area contributed by atoms with Gasteiger partial charge in [0.05, 0.1) is 17.3 Å². The summed E-state index contributed by atoms with van der Waals surface area (Å²) in [4.78, 5) is 3.69. The molecule has 1 aromatic heterocycles. The first-order chi connectivity index (χ1) is 9.82. The summed E-state index contributed by atoms with van der Waals surface area (Å²) in [5.74, 6) is 4.72. The third kappa shape index (κ3) is 3.49. The van der Waals surface area contributed by atoms with Crippen LogP contribution in [0.4, 0.5) is 17.6 Å². The number of aromatic nitrogens is 1. The number of hydrazine groups is 1. The Morgan fingerprint density at radius 3 is 2.38 bits per heavy atom. The Bertz CT molecular complexity index is 628. The second kappa shape index (κ2) is 5.97. The van der Waals surface area contributed by atoms with E-state index in [1.165, 1.54) is 12.1 Å². The van der Waals surface area contributed by atoms with E-state index in [1.807, 2.05) is 0 Å². The summed E-state index contributed by atoms with van der Waals surface area (Å²) in [6.45, 7) is 0. The van der Waals surface area contributed by atoms with E-state index in [0.717, 1.165) is 18.2 Å². The molecule has 0 fully saturated rings. The minimum Gasteiger partial charge on any atom is -0.271 e. The Hall–Kier alpha value is -1.70. The molecule has 2 aromatic rings. The SMILES string of the molecule is NNC(c1ccc(C(F)(F)F)cn1)c1ccc(Cl)cc1F. The predicted molar refractivity (Wildman–Crippen MR) is 69.8 cm³/mol. The van der Waals surface area contributed by atoms with E-state index in [9.17, 15) is 17.6 Å². The molecule has 1 aromatic carbocycles. The van der Waals surface area contributed by atoms with Gasteiger partial charge in [-0.3, -0.25) is 10.8 Å². The highest BCUT2D eigenvalue weighted by atomic mass is 35.5. The van der Waals surface area contributed by atoms with Crippen LogP contribution >= 0.6 is 11.6 Å². The molecule has 0 aliphatic rings. The Kier molecular flexibility index (Phi) is 4.46. The van der Waals surface area contributed by atoms with Gasteiger partial charge in [-0.2, -0.15) is 13.2 Å². The summed E-state index contributed by atoms with van der Waals surface area (Å²) in [7, 11) is 0. The number of hydrogen-bond acceptors (Lipinski definition) is 3. The van der Waals surface area contributed by atoms with E-state index in [-0.39, 0.29) is 16.3 Å². The number of benzene rings is 1. The number of halogens is 5. The molecule has 0 aliphatic carbocycles. The van der Waals surface area contributed by atoms with Crippen molar-refractivity contribution in [2.24, 2.45) is 5.84 Å². The Balaban J connectivity index is 2.37. The number of pyridine rings is 1. The second-order valence-corrected chi connectivity index (χ2v) is 4.67. The third-order valence-corrected chi connectivity index (χ3v) is 3.08. The molecule has 112 valence electrons. The molecule has 1 heterocycles. The molecule has 8 heteroatoms. The largest absolute Gasteiger partial charge is 0.417 e. The fraction of sp³-hybridized carbons (Fsp3) is 0.154. The van der Waals surface area contributed by atoms with Crippen LogP contribution in [0.3, 0.4) is 0 Å². The van der Waals surface area contributed by atoms with Crippen LogP contribution in [0.25, 0.3) is 0 Å². The maximum Gasteiger partial charge on any atom is 0.417 e. The average Bonchev–Trinajstić information content (AvgIpc) is 2.41. The molecule has 0 spiro atoms. The number of nitrogens with zero attached hydrogens (tertiary/aromatic N) is 1. The van der Waals surface area contributed by atoms with Crippen molar-refractivity contribution in [1.29, 1.82) is 0 Å². The van der Waals surface area contributed by atoms with Crippen molar-refractivity contribution in [2.45, 2.75) is 12.2 Å². The van der Waals surface area contributed by atoms with Crippen molar-refractivity contribution in [3.05, 3.63) is 64.2 Å². The van der Waals surface area contributed by atoms with E-state index in [4.69, 9.17) is 17.4 Å². The molecule has 21 heavy (non-hydrogen) atoms. The third-order valence-electron chi connectivity index (χ3n) is 2.85. The number of hydrogen-bond donors (Lipinski definition) is 2. The highest BCUT2D eigenvalue weighted by Crippen LogP contribution is 2.30. The summed E-state index contributed by atoms with van der Waals surface area (Å²) < 4.78 is 51.3. The summed E-state index contributed by atoms with van der Waals surface area (Å²) in [5.41, 5.74) is 1.73. The standard InChI is InChI=1S/C13H10ClF4N3/c14-8-2-3-9(10(15)5-8)12(21-19)11-4-1-7(6-20-11)13(16,17)18/h1-6,12,21H,19H2. The number of nitrogens with one attached hydrogen (secondary N) is 1. The molecule has 1 unspecified atom stereocenters. The molecular weight excluding hydrogens is 310 g/mol. The van der Waals surface area contributed by atoms with Crippen LogP contribution in [-0.2, 0) is 6.18 Å². The molecule has 2 rings (SSSR count). The molecule has 0 saturated heterocycles.